The predicted octanol–water partition coefficient (Wildman–Crippen LogP) is 4.92. The van der Waals surface area contributed by atoms with E-state index in [-0.39, 0.29) is 30.9 Å². The van der Waals surface area contributed by atoms with Gasteiger partial charge in [-0.05, 0) is 51.3 Å². The molecule has 0 aliphatic carbocycles. The third kappa shape index (κ3) is 6.12. The highest BCUT2D eigenvalue weighted by Gasteiger charge is 2.42. The van der Waals surface area contributed by atoms with E-state index in [2.05, 4.69) is 17.0 Å². The van der Waals surface area contributed by atoms with Gasteiger partial charge in [0.2, 0.25) is 0 Å². The number of hydrogen-bond acceptors (Lipinski definition) is 6. The largest absolute Gasteiger partial charge is 0.493 e. The molecule has 8 nitrogen and oxygen atoms in total. The molecular formula is C29H37N3O5. The summed E-state index contributed by atoms with van der Waals surface area (Å²) in [4.78, 5) is 30.9. The van der Waals surface area contributed by atoms with Crippen LogP contribution in [-0.2, 0) is 16.1 Å². The number of hydrogen-bond donors (Lipinski definition) is 0. The number of amides is 2. The van der Waals surface area contributed by atoms with Crippen LogP contribution in [-0.4, -0.2) is 72.5 Å². The van der Waals surface area contributed by atoms with Crippen molar-refractivity contribution in [3.8, 4) is 5.75 Å². The number of benzene rings is 2. The van der Waals surface area contributed by atoms with E-state index in [4.69, 9.17) is 14.2 Å². The smallest absolute Gasteiger partial charge is 0.410 e. The van der Waals surface area contributed by atoms with Gasteiger partial charge in [0.15, 0.2) is 0 Å². The maximum atomic E-state index is 12.6. The SMILES string of the molecule is CC(C)(C)OC(=O)N1C[C@H]2CC[C@@H](C1)N2c1cccc(OCC2CN(C(=O)OCc3ccccc3)C2)c1. The Balaban J connectivity index is 1.09. The van der Waals surface area contributed by atoms with E-state index in [1.54, 1.807) is 4.90 Å². The van der Waals surface area contributed by atoms with E-state index in [1.165, 1.54) is 0 Å². The van der Waals surface area contributed by atoms with Crippen LogP contribution < -0.4 is 9.64 Å². The summed E-state index contributed by atoms with van der Waals surface area (Å²) in [5.41, 5.74) is 1.63. The molecule has 2 amide bonds. The Morgan fingerprint density at radius 1 is 0.865 bits per heavy atom. The highest BCUT2D eigenvalue weighted by atomic mass is 16.6. The van der Waals surface area contributed by atoms with Gasteiger partial charge in [0.1, 0.15) is 18.0 Å². The molecule has 3 heterocycles. The van der Waals surface area contributed by atoms with Crippen molar-refractivity contribution >= 4 is 17.9 Å². The lowest BCUT2D eigenvalue weighted by molar-refractivity contribution is 0.0209. The molecule has 3 aliphatic rings. The topological polar surface area (TPSA) is 71.6 Å². The average molecular weight is 508 g/mol. The molecule has 0 spiro atoms. The Hall–Kier alpha value is -3.42. The Labute approximate surface area is 219 Å². The first-order valence-corrected chi connectivity index (χ1v) is 13.2. The monoisotopic (exact) mass is 507 g/mol. The number of carbonyl (C=O) groups is 2. The summed E-state index contributed by atoms with van der Waals surface area (Å²) in [5, 5.41) is 0. The maximum absolute atomic E-state index is 12.6. The number of rotatable bonds is 6. The molecule has 2 aromatic rings. The van der Waals surface area contributed by atoms with Crippen LogP contribution in [0.3, 0.4) is 0 Å². The summed E-state index contributed by atoms with van der Waals surface area (Å²) < 4.78 is 17.1. The summed E-state index contributed by atoms with van der Waals surface area (Å²) in [5.74, 6) is 1.12. The van der Waals surface area contributed by atoms with Crippen LogP contribution in [0.15, 0.2) is 54.6 Å². The minimum Gasteiger partial charge on any atom is -0.493 e. The molecule has 0 radical (unpaired) electrons. The minimum absolute atomic E-state index is 0.223. The van der Waals surface area contributed by atoms with E-state index in [9.17, 15) is 9.59 Å². The second kappa shape index (κ2) is 10.5. The van der Waals surface area contributed by atoms with Crippen molar-refractivity contribution in [2.45, 2.75) is 57.9 Å². The lowest BCUT2D eigenvalue weighted by Crippen LogP contribution is -2.56. The van der Waals surface area contributed by atoms with Crippen LogP contribution in [0.1, 0.15) is 39.2 Å². The van der Waals surface area contributed by atoms with Crippen LogP contribution in [0.2, 0.25) is 0 Å². The summed E-state index contributed by atoms with van der Waals surface area (Å²) >= 11 is 0. The molecular weight excluding hydrogens is 470 g/mol. The van der Waals surface area contributed by atoms with Gasteiger partial charge in [0, 0.05) is 55.9 Å². The van der Waals surface area contributed by atoms with E-state index in [0.29, 0.717) is 38.7 Å². The van der Waals surface area contributed by atoms with Crippen LogP contribution in [0.5, 0.6) is 5.75 Å². The van der Waals surface area contributed by atoms with Gasteiger partial charge in [-0.15, -0.1) is 0 Å². The molecule has 3 aliphatic heterocycles. The van der Waals surface area contributed by atoms with Crippen LogP contribution in [0.4, 0.5) is 15.3 Å². The van der Waals surface area contributed by atoms with E-state index < -0.39 is 5.60 Å². The normalized spacial score (nSPS) is 21.4. The molecule has 2 bridgehead atoms. The van der Waals surface area contributed by atoms with Gasteiger partial charge in [0.25, 0.3) is 0 Å². The second-order valence-corrected chi connectivity index (χ2v) is 11.3. The summed E-state index contributed by atoms with van der Waals surface area (Å²) in [7, 11) is 0. The standard InChI is InChI=1S/C29H37N3O5/c1-29(2,3)37-28(34)31-17-24-12-13-25(18-31)32(24)23-10-7-11-26(14-23)35-20-22-15-30(16-22)27(33)36-19-21-8-5-4-6-9-21/h4-11,14,22,24-25H,12-13,15-20H2,1-3H3/t24-,25+. The van der Waals surface area contributed by atoms with Gasteiger partial charge in [-0.2, -0.15) is 0 Å². The zero-order valence-electron chi connectivity index (χ0n) is 22.0. The zero-order chi connectivity index (χ0) is 26.0. The van der Waals surface area contributed by atoms with E-state index in [1.807, 2.05) is 68.1 Å². The molecule has 2 aromatic carbocycles. The third-order valence-corrected chi connectivity index (χ3v) is 7.16. The fraction of sp³-hybridized carbons (Fsp3) is 0.517. The van der Waals surface area contributed by atoms with Gasteiger partial charge in [-0.25, -0.2) is 9.59 Å². The number of piperazine rings is 1. The van der Waals surface area contributed by atoms with Crippen molar-refractivity contribution in [2.24, 2.45) is 5.92 Å². The van der Waals surface area contributed by atoms with Crippen LogP contribution in [0, 0.1) is 5.92 Å². The first-order chi connectivity index (χ1) is 17.7. The van der Waals surface area contributed by atoms with Crippen molar-refractivity contribution in [1.29, 1.82) is 0 Å². The minimum atomic E-state index is -0.487. The van der Waals surface area contributed by atoms with Gasteiger partial charge < -0.3 is 28.9 Å². The van der Waals surface area contributed by atoms with E-state index in [0.717, 1.165) is 29.8 Å². The Bertz CT molecular complexity index is 1080. The first-order valence-electron chi connectivity index (χ1n) is 13.2. The Kier molecular flexibility index (Phi) is 7.17. The molecule has 2 atom stereocenters. The molecule has 3 saturated heterocycles. The average Bonchev–Trinajstić information content (AvgIpc) is 3.10. The summed E-state index contributed by atoms with van der Waals surface area (Å²) in [6.07, 6.45) is 1.63. The molecule has 37 heavy (non-hydrogen) atoms. The van der Waals surface area contributed by atoms with Crippen LogP contribution in [0.25, 0.3) is 0 Å². The van der Waals surface area contributed by atoms with Crippen molar-refractivity contribution in [3.63, 3.8) is 0 Å². The van der Waals surface area contributed by atoms with Gasteiger partial charge >= 0.3 is 12.2 Å². The Morgan fingerprint density at radius 3 is 2.22 bits per heavy atom. The molecule has 198 valence electrons. The first kappa shape index (κ1) is 25.2. The molecule has 3 fully saturated rings. The van der Waals surface area contributed by atoms with Crippen molar-refractivity contribution < 1.29 is 23.8 Å². The summed E-state index contributed by atoms with van der Waals surface area (Å²) in [6, 6.07) is 18.5. The lowest BCUT2D eigenvalue weighted by Gasteiger charge is -2.42. The van der Waals surface area contributed by atoms with Crippen LogP contribution >= 0.6 is 0 Å². The molecule has 0 unspecified atom stereocenters. The van der Waals surface area contributed by atoms with Crippen molar-refractivity contribution in [1.82, 2.24) is 9.80 Å². The van der Waals surface area contributed by atoms with Crippen molar-refractivity contribution in [3.05, 3.63) is 60.2 Å². The maximum Gasteiger partial charge on any atom is 0.410 e. The predicted molar refractivity (Wildman–Crippen MR) is 141 cm³/mol. The summed E-state index contributed by atoms with van der Waals surface area (Å²) in [6.45, 7) is 9.20. The molecule has 0 saturated carbocycles. The Morgan fingerprint density at radius 2 is 1.54 bits per heavy atom. The lowest BCUT2D eigenvalue weighted by atomic mass is 10.0. The number of carbonyl (C=O) groups excluding carboxylic acids is 2. The molecule has 8 heteroatoms. The van der Waals surface area contributed by atoms with Crippen molar-refractivity contribution in [2.75, 3.05) is 37.7 Å². The molecule has 5 rings (SSSR count). The second-order valence-electron chi connectivity index (χ2n) is 11.3. The highest BCUT2D eigenvalue weighted by Crippen LogP contribution is 2.36. The number of likely N-dealkylation sites (tertiary alicyclic amines) is 2. The highest BCUT2D eigenvalue weighted by molar-refractivity contribution is 5.69. The van der Waals surface area contributed by atoms with Gasteiger partial charge in [-0.3, -0.25) is 0 Å². The third-order valence-electron chi connectivity index (χ3n) is 7.16. The molecule has 0 aromatic heterocycles. The quantitative estimate of drug-likeness (QED) is 0.553. The number of nitrogens with zero attached hydrogens (tertiary/aromatic N) is 3. The molecule has 0 N–H and O–H groups in total. The van der Waals surface area contributed by atoms with E-state index >= 15 is 0 Å². The number of fused-ring (bicyclic) bond motifs is 2. The number of ether oxygens (including phenoxy) is 3. The van der Waals surface area contributed by atoms with Gasteiger partial charge in [-0.1, -0.05) is 36.4 Å². The van der Waals surface area contributed by atoms with Gasteiger partial charge in [0.05, 0.1) is 6.61 Å². The number of anilines is 1. The fourth-order valence-electron chi connectivity index (χ4n) is 5.38. The zero-order valence-corrected chi connectivity index (χ0v) is 22.0. The fourth-order valence-corrected chi connectivity index (χ4v) is 5.38.